The van der Waals surface area contributed by atoms with Crippen LogP contribution in [0, 0.1) is 0 Å². The van der Waals surface area contributed by atoms with Crippen molar-refractivity contribution in [1.29, 1.82) is 0 Å². The van der Waals surface area contributed by atoms with Crippen LogP contribution in [0.25, 0.3) is 0 Å². The number of ether oxygens (including phenoxy) is 1. The van der Waals surface area contributed by atoms with Crippen LogP contribution >= 0.6 is 0 Å². The van der Waals surface area contributed by atoms with E-state index in [0.29, 0.717) is 19.7 Å². The standard InChI is InChI=1S/C9H21N3O2/c1-8(11-5-3-4-10)9(13)12-6-7-14-2/h8,11H,3-7,10H2,1-2H3,(H,12,13). The Morgan fingerprint density at radius 2 is 2.21 bits per heavy atom. The molecule has 0 aromatic rings. The maximum Gasteiger partial charge on any atom is 0.236 e. The Hall–Kier alpha value is -0.650. The van der Waals surface area contributed by atoms with Gasteiger partial charge in [0.15, 0.2) is 0 Å². The molecule has 4 N–H and O–H groups in total. The Morgan fingerprint density at radius 1 is 1.50 bits per heavy atom. The number of amides is 1. The van der Waals surface area contributed by atoms with Crippen molar-refractivity contribution in [3.05, 3.63) is 0 Å². The maximum atomic E-state index is 11.4. The third-order valence-corrected chi connectivity index (χ3v) is 1.83. The first kappa shape index (κ1) is 13.4. The topological polar surface area (TPSA) is 76.4 Å². The molecule has 0 saturated heterocycles. The van der Waals surface area contributed by atoms with Gasteiger partial charge in [-0.2, -0.15) is 0 Å². The molecule has 1 unspecified atom stereocenters. The fourth-order valence-electron chi connectivity index (χ4n) is 0.943. The zero-order valence-electron chi connectivity index (χ0n) is 9.01. The van der Waals surface area contributed by atoms with Crippen LogP contribution in [0.1, 0.15) is 13.3 Å². The van der Waals surface area contributed by atoms with Crippen molar-refractivity contribution >= 4 is 5.91 Å². The normalized spacial score (nSPS) is 12.5. The molecule has 0 spiro atoms. The van der Waals surface area contributed by atoms with Gasteiger partial charge in [-0.05, 0) is 26.4 Å². The van der Waals surface area contributed by atoms with E-state index in [9.17, 15) is 4.79 Å². The number of nitrogens with one attached hydrogen (secondary N) is 2. The van der Waals surface area contributed by atoms with Gasteiger partial charge in [0.25, 0.3) is 0 Å². The summed E-state index contributed by atoms with van der Waals surface area (Å²) in [5.74, 6) is -0.000860. The minimum atomic E-state index is -0.168. The van der Waals surface area contributed by atoms with Crippen molar-refractivity contribution in [2.24, 2.45) is 5.73 Å². The average molecular weight is 203 g/mol. The van der Waals surface area contributed by atoms with Crippen molar-refractivity contribution < 1.29 is 9.53 Å². The van der Waals surface area contributed by atoms with Gasteiger partial charge >= 0.3 is 0 Å². The zero-order valence-corrected chi connectivity index (χ0v) is 9.01. The molecule has 0 bridgehead atoms. The Bertz CT molecular complexity index is 153. The van der Waals surface area contributed by atoms with Gasteiger partial charge in [-0.25, -0.2) is 0 Å². The summed E-state index contributed by atoms with van der Waals surface area (Å²) in [7, 11) is 1.61. The summed E-state index contributed by atoms with van der Waals surface area (Å²) in [4.78, 5) is 11.4. The highest BCUT2D eigenvalue weighted by molar-refractivity contribution is 5.81. The van der Waals surface area contributed by atoms with E-state index < -0.39 is 0 Å². The lowest BCUT2D eigenvalue weighted by molar-refractivity contribution is -0.122. The fourth-order valence-corrected chi connectivity index (χ4v) is 0.943. The fraction of sp³-hybridized carbons (Fsp3) is 0.889. The number of hydrogen-bond acceptors (Lipinski definition) is 4. The smallest absolute Gasteiger partial charge is 0.236 e. The monoisotopic (exact) mass is 203 g/mol. The molecule has 14 heavy (non-hydrogen) atoms. The zero-order chi connectivity index (χ0) is 10.8. The first-order chi connectivity index (χ1) is 6.72. The lowest BCUT2D eigenvalue weighted by Crippen LogP contribution is -2.43. The molecular weight excluding hydrogens is 182 g/mol. The van der Waals surface area contributed by atoms with Gasteiger partial charge in [-0.3, -0.25) is 4.79 Å². The van der Waals surface area contributed by atoms with Gasteiger partial charge in [0.2, 0.25) is 5.91 Å². The predicted molar refractivity (Wildman–Crippen MR) is 56.0 cm³/mol. The molecule has 0 aliphatic heterocycles. The highest BCUT2D eigenvalue weighted by Crippen LogP contribution is 1.82. The number of nitrogens with two attached hydrogens (primary N) is 1. The van der Waals surface area contributed by atoms with Crippen LogP contribution in [0.2, 0.25) is 0 Å². The summed E-state index contributed by atoms with van der Waals surface area (Å²) in [6.45, 7) is 4.35. The van der Waals surface area contributed by atoms with Gasteiger partial charge in [-0.15, -0.1) is 0 Å². The van der Waals surface area contributed by atoms with Crippen LogP contribution in [-0.4, -0.2) is 45.3 Å². The van der Waals surface area contributed by atoms with Crippen LogP contribution in [0.15, 0.2) is 0 Å². The largest absolute Gasteiger partial charge is 0.383 e. The summed E-state index contributed by atoms with van der Waals surface area (Å²) in [5.41, 5.74) is 5.33. The first-order valence-electron chi connectivity index (χ1n) is 4.92. The molecule has 0 heterocycles. The number of rotatable bonds is 8. The molecule has 0 fully saturated rings. The first-order valence-corrected chi connectivity index (χ1v) is 4.92. The Balaban J connectivity index is 3.44. The van der Waals surface area contributed by atoms with Gasteiger partial charge in [0, 0.05) is 13.7 Å². The molecule has 0 rings (SSSR count). The van der Waals surface area contributed by atoms with Crippen LogP contribution in [0.5, 0.6) is 0 Å². The minimum absolute atomic E-state index is 0.000860. The molecule has 0 aromatic heterocycles. The van der Waals surface area contributed by atoms with E-state index in [1.54, 1.807) is 7.11 Å². The number of methoxy groups -OCH3 is 1. The van der Waals surface area contributed by atoms with Gasteiger partial charge < -0.3 is 21.1 Å². The molecule has 0 aliphatic rings. The quantitative estimate of drug-likeness (QED) is 0.446. The second-order valence-corrected chi connectivity index (χ2v) is 3.10. The maximum absolute atomic E-state index is 11.4. The van der Waals surface area contributed by atoms with Gasteiger partial charge in [-0.1, -0.05) is 0 Å². The van der Waals surface area contributed by atoms with Crippen molar-refractivity contribution in [1.82, 2.24) is 10.6 Å². The van der Waals surface area contributed by atoms with E-state index in [1.165, 1.54) is 0 Å². The van der Waals surface area contributed by atoms with E-state index in [4.69, 9.17) is 10.5 Å². The summed E-state index contributed by atoms with van der Waals surface area (Å²) < 4.78 is 4.82. The van der Waals surface area contributed by atoms with Crippen molar-refractivity contribution in [3.8, 4) is 0 Å². The van der Waals surface area contributed by atoms with Crippen molar-refractivity contribution in [2.45, 2.75) is 19.4 Å². The van der Waals surface area contributed by atoms with E-state index >= 15 is 0 Å². The van der Waals surface area contributed by atoms with E-state index in [1.807, 2.05) is 6.92 Å². The molecule has 1 atom stereocenters. The lowest BCUT2D eigenvalue weighted by atomic mass is 10.3. The number of carbonyl (C=O) groups excluding carboxylic acids is 1. The minimum Gasteiger partial charge on any atom is -0.383 e. The van der Waals surface area contributed by atoms with Crippen molar-refractivity contribution in [3.63, 3.8) is 0 Å². The summed E-state index contributed by atoms with van der Waals surface area (Å²) in [6.07, 6.45) is 0.885. The average Bonchev–Trinajstić information content (AvgIpc) is 2.18. The second-order valence-electron chi connectivity index (χ2n) is 3.10. The summed E-state index contributed by atoms with van der Waals surface area (Å²) in [5, 5.41) is 5.83. The van der Waals surface area contributed by atoms with Crippen molar-refractivity contribution in [2.75, 3.05) is 33.4 Å². The summed E-state index contributed by atoms with van der Waals surface area (Å²) in [6, 6.07) is -0.168. The Morgan fingerprint density at radius 3 is 2.79 bits per heavy atom. The van der Waals surface area contributed by atoms with E-state index in [0.717, 1.165) is 13.0 Å². The lowest BCUT2D eigenvalue weighted by Gasteiger charge is -2.13. The highest BCUT2D eigenvalue weighted by Gasteiger charge is 2.09. The Labute approximate surface area is 85.4 Å². The molecular formula is C9H21N3O2. The van der Waals surface area contributed by atoms with Crippen LogP contribution in [0.3, 0.4) is 0 Å². The molecule has 1 amide bonds. The highest BCUT2D eigenvalue weighted by atomic mass is 16.5. The van der Waals surface area contributed by atoms with Crippen LogP contribution in [0.4, 0.5) is 0 Å². The van der Waals surface area contributed by atoms with Crippen LogP contribution in [-0.2, 0) is 9.53 Å². The van der Waals surface area contributed by atoms with Gasteiger partial charge in [0.05, 0.1) is 12.6 Å². The predicted octanol–water partition coefficient (Wildman–Crippen LogP) is -0.924. The molecule has 5 heteroatoms. The SMILES string of the molecule is COCCNC(=O)C(C)NCCCN. The molecule has 0 aromatic carbocycles. The summed E-state index contributed by atoms with van der Waals surface area (Å²) >= 11 is 0. The molecule has 0 radical (unpaired) electrons. The van der Waals surface area contributed by atoms with E-state index in [-0.39, 0.29) is 11.9 Å². The molecule has 5 nitrogen and oxygen atoms in total. The Kier molecular flexibility index (Phi) is 8.51. The number of hydrogen-bond donors (Lipinski definition) is 3. The van der Waals surface area contributed by atoms with Crippen LogP contribution < -0.4 is 16.4 Å². The number of carbonyl (C=O) groups is 1. The second kappa shape index (κ2) is 8.93. The van der Waals surface area contributed by atoms with E-state index in [2.05, 4.69) is 10.6 Å². The third-order valence-electron chi connectivity index (χ3n) is 1.83. The third kappa shape index (κ3) is 6.82. The molecule has 0 saturated carbocycles. The molecule has 84 valence electrons. The molecule has 0 aliphatic carbocycles. The van der Waals surface area contributed by atoms with Gasteiger partial charge in [0.1, 0.15) is 0 Å².